The van der Waals surface area contributed by atoms with E-state index in [9.17, 15) is 9.18 Å². The molecule has 4 atom stereocenters. The maximum atomic E-state index is 16.8. The summed E-state index contributed by atoms with van der Waals surface area (Å²) in [7, 11) is 0. The number of rotatable bonds is 8. The molecular formula is C42H56ClF2N7O2S. The third-order valence-electron chi connectivity index (χ3n) is 12.1. The van der Waals surface area contributed by atoms with E-state index >= 15 is 4.39 Å². The highest BCUT2D eigenvalue weighted by atomic mass is 35.5. The number of nitrogens with one attached hydrogen (secondary N) is 1. The molecule has 0 bridgehead atoms. The van der Waals surface area contributed by atoms with Crippen LogP contribution in [0.5, 0.6) is 6.01 Å². The van der Waals surface area contributed by atoms with E-state index in [1.807, 2.05) is 0 Å². The van der Waals surface area contributed by atoms with Gasteiger partial charge in [-0.15, -0.1) is 0 Å². The van der Waals surface area contributed by atoms with Crippen LogP contribution < -0.4 is 20.7 Å². The van der Waals surface area contributed by atoms with Gasteiger partial charge >= 0.3 is 6.01 Å². The number of unbranched alkanes of at least 4 members (excludes halogenated alkanes) is 1. The van der Waals surface area contributed by atoms with Gasteiger partial charge in [-0.05, 0) is 107 Å². The van der Waals surface area contributed by atoms with Gasteiger partial charge in [0.05, 0.1) is 26.8 Å². The van der Waals surface area contributed by atoms with Crippen LogP contribution in [0.1, 0.15) is 98.8 Å². The van der Waals surface area contributed by atoms with Gasteiger partial charge in [-0.1, -0.05) is 63.5 Å². The monoisotopic (exact) mass is 795 g/mol. The Bertz CT molecular complexity index is 2000. The molecule has 5 aliphatic rings. The minimum Gasteiger partial charge on any atom is -0.461 e. The summed E-state index contributed by atoms with van der Waals surface area (Å²) in [6.45, 7) is 14.7. The van der Waals surface area contributed by atoms with Crippen LogP contribution >= 0.6 is 22.9 Å². The number of halogens is 3. The molecule has 9 rings (SSSR count). The van der Waals surface area contributed by atoms with Crippen molar-refractivity contribution >= 4 is 60.8 Å². The Morgan fingerprint density at radius 1 is 1.02 bits per heavy atom. The van der Waals surface area contributed by atoms with Crippen LogP contribution in [0.25, 0.3) is 32.2 Å². The Hall–Kier alpha value is -3.19. The lowest BCUT2D eigenvalue weighted by atomic mass is 9.95. The Labute approximate surface area is 332 Å². The van der Waals surface area contributed by atoms with Crippen molar-refractivity contribution < 1.29 is 18.3 Å². The average molecular weight is 796 g/mol. The normalized spacial score (nSPS) is 24.5. The molecular weight excluding hydrogens is 740 g/mol. The van der Waals surface area contributed by atoms with E-state index in [1.165, 1.54) is 37.8 Å². The van der Waals surface area contributed by atoms with Crippen molar-refractivity contribution in [3.63, 3.8) is 0 Å². The number of nitrogens with zero attached hydrogens (tertiary/aromatic N) is 5. The van der Waals surface area contributed by atoms with E-state index in [1.54, 1.807) is 13.0 Å². The molecule has 2 aromatic heterocycles. The van der Waals surface area contributed by atoms with Crippen molar-refractivity contribution in [1.29, 1.82) is 0 Å². The van der Waals surface area contributed by atoms with E-state index in [2.05, 4.69) is 52.8 Å². The lowest BCUT2D eigenvalue weighted by molar-refractivity contribution is -0.116. The molecule has 0 amide bonds. The highest BCUT2D eigenvalue weighted by Gasteiger charge is 2.49. The summed E-state index contributed by atoms with van der Waals surface area (Å²) < 4.78 is 38.0. The molecule has 1 aliphatic carbocycles. The first-order chi connectivity index (χ1) is 26.4. The second kappa shape index (κ2) is 16.7. The SMILES string of the molecule is CC(=O)C1NC1C1CC1.CC1CCC(C)CN(c2nc(OCC34CCCN3CCC4)nc3c(F)c(-c4ccc(F)c5sc(N)nc45)c(Cl)cc23)C1.CCCC. The van der Waals surface area contributed by atoms with Gasteiger partial charge < -0.3 is 20.7 Å². The van der Waals surface area contributed by atoms with Crippen molar-refractivity contribution in [1.82, 2.24) is 25.2 Å². The minimum atomic E-state index is -0.608. The average Bonchev–Trinajstić information content (AvgIpc) is 4.05. The number of nitrogens with two attached hydrogens (primary N) is 1. The van der Waals surface area contributed by atoms with E-state index in [0.29, 0.717) is 47.0 Å². The Balaban J connectivity index is 0.000000303. The van der Waals surface area contributed by atoms with Crippen LogP contribution in [0.2, 0.25) is 5.02 Å². The van der Waals surface area contributed by atoms with E-state index < -0.39 is 11.6 Å². The van der Waals surface area contributed by atoms with Crippen molar-refractivity contribution in [3.05, 3.63) is 34.9 Å². The maximum Gasteiger partial charge on any atom is 0.319 e. The zero-order valence-corrected chi connectivity index (χ0v) is 34.5. The second-order valence-corrected chi connectivity index (χ2v) is 18.1. The van der Waals surface area contributed by atoms with Crippen LogP contribution in [0.4, 0.5) is 19.7 Å². The summed E-state index contributed by atoms with van der Waals surface area (Å²) in [5.41, 5.74) is 6.81. The van der Waals surface area contributed by atoms with Gasteiger partial charge in [-0.2, -0.15) is 9.97 Å². The standard InChI is InChI=1S/C31H35ClF2N6OS.C7H11NO.C4H10/c1-17-5-6-18(2)15-39(14-17)28-20-13-21(32)23(19-7-8-22(33)27-26(19)36-29(35)42-27)24(34)25(20)37-30(38-28)41-16-31-9-3-11-40(31)12-4-10-31;1-4(9)6-7(8-6)5-2-3-5;1-3-4-2/h7-8,13,17-18H,3-6,9-12,14-16H2,1-2H3,(H2,35,36);5-8H,2-3H2,1H3;3-4H2,1-2H3. The molecule has 9 nitrogen and oxygen atoms in total. The molecule has 0 spiro atoms. The van der Waals surface area contributed by atoms with Crippen molar-refractivity contribution in [3.8, 4) is 17.1 Å². The van der Waals surface area contributed by atoms with Gasteiger partial charge in [0.2, 0.25) is 0 Å². The van der Waals surface area contributed by atoms with Crippen molar-refractivity contribution in [2.24, 2.45) is 17.8 Å². The van der Waals surface area contributed by atoms with Gasteiger partial charge in [-0.3, -0.25) is 9.69 Å². The number of fused-ring (bicyclic) bond motifs is 3. The first-order valence-corrected chi connectivity index (χ1v) is 21.6. The lowest BCUT2D eigenvalue weighted by Gasteiger charge is -2.31. The quantitative estimate of drug-likeness (QED) is 0.168. The van der Waals surface area contributed by atoms with Crippen LogP contribution in [0, 0.1) is 29.4 Å². The van der Waals surface area contributed by atoms with Gasteiger partial charge in [0.15, 0.2) is 10.9 Å². The largest absolute Gasteiger partial charge is 0.461 e. The molecule has 0 radical (unpaired) electrons. The summed E-state index contributed by atoms with van der Waals surface area (Å²) in [6, 6.07) is 5.50. The lowest BCUT2D eigenvalue weighted by Crippen LogP contribution is -2.43. The molecule has 55 heavy (non-hydrogen) atoms. The number of hydrogen-bond acceptors (Lipinski definition) is 10. The number of hydrogen-bond donors (Lipinski definition) is 2. The van der Waals surface area contributed by atoms with Crippen molar-refractivity contribution in [2.75, 3.05) is 43.4 Å². The molecule has 298 valence electrons. The van der Waals surface area contributed by atoms with Gasteiger partial charge in [0, 0.05) is 35.6 Å². The van der Waals surface area contributed by atoms with E-state index in [0.717, 1.165) is 82.0 Å². The second-order valence-electron chi connectivity index (χ2n) is 16.6. The molecule has 13 heteroatoms. The first kappa shape index (κ1) is 40.0. The summed E-state index contributed by atoms with van der Waals surface area (Å²) in [5.74, 6) is 1.63. The summed E-state index contributed by atoms with van der Waals surface area (Å²) in [5, 5.41) is 4.10. The molecule has 4 aliphatic heterocycles. The number of ketones is 1. The fourth-order valence-electron chi connectivity index (χ4n) is 8.70. The third kappa shape index (κ3) is 8.58. The van der Waals surface area contributed by atoms with Crippen LogP contribution in [0.3, 0.4) is 0 Å². The molecule has 4 unspecified atom stereocenters. The van der Waals surface area contributed by atoms with Crippen molar-refractivity contribution in [2.45, 2.75) is 116 Å². The minimum absolute atomic E-state index is 0.00190. The molecule has 6 heterocycles. The van der Waals surface area contributed by atoms with Crippen LogP contribution in [0.15, 0.2) is 18.2 Å². The highest BCUT2D eigenvalue weighted by Crippen LogP contribution is 2.44. The predicted octanol–water partition coefficient (Wildman–Crippen LogP) is 9.43. The number of ether oxygens (including phenoxy) is 1. The van der Waals surface area contributed by atoms with Gasteiger partial charge in [0.25, 0.3) is 0 Å². The number of carbonyl (C=O) groups excluding carboxylic acids is 1. The number of thiazole rings is 1. The molecule has 4 aromatic rings. The zero-order valence-electron chi connectivity index (χ0n) is 32.9. The number of Topliss-reactive ketones (excluding diaryl/α,β-unsaturated/α-hetero) is 1. The number of carbonyl (C=O) groups is 1. The third-order valence-corrected chi connectivity index (χ3v) is 13.3. The molecule has 5 fully saturated rings. The topological polar surface area (TPSA) is 119 Å². The molecule has 1 saturated carbocycles. The number of aromatic nitrogens is 3. The number of benzene rings is 2. The summed E-state index contributed by atoms with van der Waals surface area (Å²) >= 11 is 7.86. The maximum absolute atomic E-state index is 16.8. The molecule has 4 saturated heterocycles. The summed E-state index contributed by atoms with van der Waals surface area (Å²) in [6.07, 6.45) is 12.0. The van der Waals surface area contributed by atoms with Crippen LogP contribution in [-0.2, 0) is 4.79 Å². The van der Waals surface area contributed by atoms with Crippen LogP contribution in [-0.4, -0.2) is 76.0 Å². The fraction of sp³-hybridized carbons (Fsp3) is 0.619. The smallest absolute Gasteiger partial charge is 0.319 e. The Morgan fingerprint density at radius 2 is 1.69 bits per heavy atom. The van der Waals surface area contributed by atoms with Gasteiger partial charge in [0.1, 0.15) is 29.5 Å². The first-order valence-electron chi connectivity index (χ1n) is 20.4. The molecule has 2 aromatic carbocycles. The fourth-order valence-corrected chi connectivity index (χ4v) is 9.76. The predicted molar refractivity (Wildman–Crippen MR) is 220 cm³/mol. The van der Waals surface area contributed by atoms with E-state index in [4.69, 9.17) is 27.1 Å². The number of anilines is 2. The Kier molecular flexibility index (Phi) is 12.2. The van der Waals surface area contributed by atoms with E-state index in [-0.39, 0.29) is 49.0 Å². The summed E-state index contributed by atoms with van der Waals surface area (Å²) in [4.78, 5) is 29.3. The number of nitrogen functional groups attached to an aromatic ring is 1. The Morgan fingerprint density at radius 3 is 2.29 bits per heavy atom. The molecule has 3 N–H and O–H groups in total. The van der Waals surface area contributed by atoms with Gasteiger partial charge in [-0.25, -0.2) is 13.8 Å². The highest BCUT2D eigenvalue weighted by molar-refractivity contribution is 7.22. The zero-order chi connectivity index (χ0) is 39.0.